The first-order valence-electron chi connectivity index (χ1n) is 6.08. The summed E-state index contributed by atoms with van der Waals surface area (Å²) in [7, 11) is 0. The molecule has 1 amide bonds. The van der Waals surface area contributed by atoms with E-state index in [9.17, 15) is 4.79 Å². The van der Waals surface area contributed by atoms with Crippen molar-refractivity contribution in [2.45, 2.75) is 13.8 Å². The van der Waals surface area contributed by atoms with Crippen molar-refractivity contribution in [3.63, 3.8) is 0 Å². The van der Waals surface area contributed by atoms with Crippen molar-refractivity contribution in [1.29, 1.82) is 0 Å². The van der Waals surface area contributed by atoms with Gasteiger partial charge in [-0.3, -0.25) is 0 Å². The molecule has 0 radical (unpaired) electrons. The fourth-order valence-corrected chi connectivity index (χ4v) is 1.03. The van der Waals surface area contributed by atoms with E-state index in [1.54, 1.807) is 0 Å². The lowest BCUT2D eigenvalue weighted by Gasteiger charge is -2.07. The third kappa shape index (κ3) is 13.1. The van der Waals surface area contributed by atoms with Crippen molar-refractivity contribution >= 4 is 6.09 Å². The largest absolute Gasteiger partial charge is 0.447 e. The van der Waals surface area contributed by atoms with Gasteiger partial charge in [0.25, 0.3) is 0 Å². The Labute approximate surface area is 103 Å². The zero-order chi connectivity index (χ0) is 12.8. The first kappa shape index (κ1) is 16.1. The topological polar surface area (TPSA) is 68.8 Å². The van der Waals surface area contributed by atoms with Crippen LogP contribution in [0.3, 0.4) is 0 Å². The normalized spacial score (nSPS) is 10.2. The van der Waals surface area contributed by atoms with Crippen LogP contribution in [0.1, 0.15) is 13.8 Å². The standard InChI is InChI=1S/C11H24N2O4/c1-3-12-5-6-15-7-8-16-9-10-17-11(14)13-4-2/h12H,3-10H2,1-2H3,(H,13,14). The van der Waals surface area contributed by atoms with Gasteiger partial charge in [-0.2, -0.15) is 0 Å². The number of carbonyl (C=O) groups excluding carboxylic acids is 1. The minimum Gasteiger partial charge on any atom is -0.447 e. The van der Waals surface area contributed by atoms with Crippen LogP contribution in [0.2, 0.25) is 0 Å². The quantitative estimate of drug-likeness (QED) is 0.517. The Morgan fingerprint density at radius 1 is 0.941 bits per heavy atom. The Balaban J connectivity index is 3.01. The number of carbonyl (C=O) groups is 1. The Morgan fingerprint density at radius 3 is 2.24 bits per heavy atom. The molecule has 0 saturated heterocycles. The number of ether oxygens (including phenoxy) is 3. The molecule has 0 aliphatic carbocycles. The average molecular weight is 248 g/mol. The first-order chi connectivity index (χ1) is 8.31. The van der Waals surface area contributed by atoms with Crippen LogP contribution >= 0.6 is 0 Å². The Bertz CT molecular complexity index is 179. The molecule has 0 aromatic rings. The van der Waals surface area contributed by atoms with E-state index >= 15 is 0 Å². The summed E-state index contributed by atoms with van der Waals surface area (Å²) in [6.07, 6.45) is -0.405. The van der Waals surface area contributed by atoms with E-state index in [4.69, 9.17) is 14.2 Å². The summed E-state index contributed by atoms with van der Waals surface area (Å²) in [6, 6.07) is 0. The first-order valence-corrected chi connectivity index (χ1v) is 6.08. The van der Waals surface area contributed by atoms with E-state index in [-0.39, 0.29) is 6.61 Å². The van der Waals surface area contributed by atoms with Crippen molar-refractivity contribution in [3.05, 3.63) is 0 Å². The monoisotopic (exact) mass is 248 g/mol. The maximum atomic E-state index is 10.9. The number of amides is 1. The number of nitrogens with one attached hydrogen (secondary N) is 2. The zero-order valence-electron chi connectivity index (χ0n) is 10.8. The summed E-state index contributed by atoms with van der Waals surface area (Å²) in [5.41, 5.74) is 0. The lowest BCUT2D eigenvalue weighted by atomic mass is 10.6. The molecule has 0 aromatic heterocycles. The van der Waals surface area contributed by atoms with E-state index in [0.29, 0.717) is 33.0 Å². The minimum absolute atomic E-state index is 0.267. The maximum absolute atomic E-state index is 10.9. The molecule has 2 N–H and O–H groups in total. The van der Waals surface area contributed by atoms with E-state index in [2.05, 4.69) is 17.6 Å². The molecule has 17 heavy (non-hydrogen) atoms. The van der Waals surface area contributed by atoms with Crippen molar-refractivity contribution < 1.29 is 19.0 Å². The number of alkyl carbamates (subject to hydrolysis) is 1. The average Bonchev–Trinajstić information content (AvgIpc) is 2.32. The highest BCUT2D eigenvalue weighted by Crippen LogP contribution is 1.82. The molecule has 0 aliphatic rings. The molecule has 0 spiro atoms. The van der Waals surface area contributed by atoms with Gasteiger partial charge in [-0.15, -0.1) is 0 Å². The number of likely N-dealkylation sites (N-methyl/N-ethyl adjacent to an activating group) is 1. The van der Waals surface area contributed by atoms with Gasteiger partial charge in [0.15, 0.2) is 0 Å². The van der Waals surface area contributed by atoms with Gasteiger partial charge >= 0.3 is 6.09 Å². The van der Waals surface area contributed by atoms with Crippen LogP contribution < -0.4 is 10.6 Å². The van der Waals surface area contributed by atoms with Gasteiger partial charge in [-0.1, -0.05) is 6.92 Å². The highest BCUT2D eigenvalue weighted by atomic mass is 16.6. The van der Waals surface area contributed by atoms with E-state index < -0.39 is 6.09 Å². The highest BCUT2D eigenvalue weighted by molar-refractivity contribution is 5.66. The number of hydrogen-bond acceptors (Lipinski definition) is 5. The number of rotatable bonds is 11. The van der Waals surface area contributed by atoms with E-state index in [1.165, 1.54) is 0 Å². The molecule has 0 aliphatic heterocycles. The molecule has 0 rings (SSSR count). The molecule has 0 heterocycles. The van der Waals surface area contributed by atoms with Gasteiger partial charge < -0.3 is 24.8 Å². The number of hydrogen-bond donors (Lipinski definition) is 2. The second-order valence-electron chi connectivity index (χ2n) is 3.24. The molecule has 102 valence electrons. The molecular weight excluding hydrogens is 224 g/mol. The molecule has 0 fully saturated rings. The molecule has 6 nitrogen and oxygen atoms in total. The zero-order valence-corrected chi connectivity index (χ0v) is 10.8. The predicted octanol–water partition coefficient (Wildman–Crippen LogP) is 0.375. The van der Waals surface area contributed by atoms with Crippen LogP contribution in [0.15, 0.2) is 0 Å². The van der Waals surface area contributed by atoms with Gasteiger partial charge in [-0.25, -0.2) is 4.79 Å². The third-order valence-corrected chi connectivity index (χ3v) is 1.83. The second-order valence-corrected chi connectivity index (χ2v) is 3.24. The fraction of sp³-hybridized carbons (Fsp3) is 0.909. The van der Waals surface area contributed by atoms with E-state index in [1.807, 2.05) is 6.92 Å². The lowest BCUT2D eigenvalue weighted by molar-refractivity contribution is 0.0290. The van der Waals surface area contributed by atoms with Gasteiger partial charge in [-0.05, 0) is 13.5 Å². The van der Waals surface area contributed by atoms with Crippen LogP contribution in [0.5, 0.6) is 0 Å². The SMILES string of the molecule is CCNCCOCCOCCOC(=O)NCC. The fourth-order valence-electron chi connectivity index (χ4n) is 1.03. The predicted molar refractivity (Wildman–Crippen MR) is 65.2 cm³/mol. The molecule has 0 atom stereocenters. The van der Waals surface area contributed by atoms with Crippen LogP contribution in [0, 0.1) is 0 Å². The van der Waals surface area contributed by atoms with Crippen LogP contribution in [0.25, 0.3) is 0 Å². The summed E-state index contributed by atoms with van der Waals surface area (Å²) in [5.74, 6) is 0. The molecule has 0 bridgehead atoms. The maximum Gasteiger partial charge on any atom is 0.407 e. The van der Waals surface area contributed by atoms with Gasteiger partial charge in [0.05, 0.1) is 26.4 Å². The second kappa shape index (κ2) is 13.2. The summed E-state index contributed by atoms with van der Waals surface area (Å²) < 4.78 is 15.3. The molecule has 0 aromatic carbocycles. The smallest absolute Gasteiger partial charge is 0.407 e. The van der Waals surface area contributed by atoms with Crippen molar-refractivity contribution in [2.24, 2.45) is 0 Å². The summed E-state index contributed by atoms with van der Waals surface area (Å²) in [4.78, 5) is 10.9. The summed E-state index contributed by atoms with van der Waals surface area (Å²) in [5, 5.41) is 5.68. The van der Waals surface area contributed by atoms with Gasteiger partial charge in [0, 0.05) is 13.1 Å². The third-order valence-electron chi connectivity index (χ3n) is 1.83. The Kier molecular flexibility index (Phi) is 12.6. The van der Waals surface area contributed by atoms with Crippen molar-refractivity contribution in [1.82, 2.24) is 10.6 Å². The minimum atomic E-state index is -0.405. The summed E-state index contributed by atoms with van der Waals surface area (Å²) >= 11 is 0. The van der Waals surface area contributed by atoms with E-state index in [0.717, 1.165) is 13.1 Å². The van der Waals surface area contributed by atoms with Crippen LogP contribution in [-0.4, -0.2) is 58.8 Å². The molecule has 6 heteroatoms. The van der Waals surface area contributed by atoms with Gasteiger partial charge in [0.2, 0.25) is 0 Å². The van der Waals surface area contributed by atoms with Crippen LogP contribution in [0.4, 0.5) is 4.79 Å². The Hall–Kier alpha value is -0.850. The highest BCUT2D eigenvalue weighted by Gasteiger charge is 1.98. The molecule has 0 unspecified atom stereocenters. The van der Waals surface area contributed by atoms with Crippen molar-refractivity contribution in [2.75, 3.05) is 52.7 Å². The summed E-state index contributed by atoms with van der Waals surface area (Å²) in [6.45, 7) is 8.70. The Morgan fingerprint density at radius 2 is 1.59 bits per heavy atom. The lowest BCUT2D eigenvalue weighted by Crippen LogP contribution is -2.25. The van der Waals surface area contributed by atoms with Crippen molar-refractivity contribution in [3.8, 4) is 0 Å². The van der Waals surface area contributed by atoms with Crippen LogP contribution in [-0.2, 0) is 14.2 Å². The van der Waals surface area contributed by atoms with Gasteiger partial charge in [0.1, 0.15) is 6.61 Å². The molecule has 0 saturated carbocycles. The molecular formula is C11H24N2O4.